The lowest BCUT2D eigenvalue weighted by atomic mass is 9.83. The third-order valence-corrected chi connectivity index (χ3v) is 8.13. The summed E-state index contributed by atoms with van der Waals surface area (Å²) < 4.78 is 29.4. The van der Waals surface area contributed by atoms with Gasteiger partial charge in [0.2, 0.25) is 0 Å². The van der Waals surface area contributed by atoms with Gasteiger partial charge in [0, 0.05) is 46.7 Å². The van der Waals surface area contributed by atoms with E-state index in [0.717, 1.165) is 18.4 Å². The highest BCUT2D eigenvalue weighted by atomic mass is 32.2. The van der Waals surface area contributed by atoms with Crippen molar-refractivity contribution >= 4 is 15.8 Å². The molecule has 0 bridgehead atoms. The van der Waals surface area contributed by atoms with Crippen LogP contribution in [0.4, 0.5) is 0 Å². The van der Waals surface area contributed by atoms with Gasteiger partial charge in [-0.15, -0.1) is 0 Å². The Morgan fingerprint density at radius 1 is 1.24 bits per heavy atom. The summed E-state index contributed by atoms with van der Waals surface area (Å²) in [7, 11) is 0.642. The molecule has 6 nitrogen and oxygen atoms in total. The van der Waals surface area contributed by atoms with Gasteiger partial charge < -0.3 is 15.0 Å². The van der Waals surface area contributed by atoms with Crippen molar-refractivity contribution in [2.24, 2.45) is 16.8 Å². The third kappa shape index (κ3) is 5.33. The number of nitrogens with one attached hydrogen (secondary N) is 1. The van der Waals surface area contributed by atoms with E-state index in [-0.39, 0.29) is 0 Å². The van der Waals surface area contributed by atoms with Gasteiger partial charge in [0.25, 0.3) is 0 Å². The zero-order valence-corrected chi connectivity index (χ0v) is 17.1. The average Bonchev–Trinajstić information content (AvgIpc) is 2.57. The van der Waals surface area contributed by atoms with Crippen LogP contribution in [0.15, 0.2) is 4.99 Å². The summed E-state index contributed by atoms with van der Waals surface area (Å²) in [6.45, 7) is 4.71. The SMILES string of the molecule is CN=C(NCC1(S(C)(=O)=O)CCOCC1)N(C)CC1CCC(C)CC1. The van der Waals surface area contributed by atoms with E-state index in [2.05, 4.69) is 22.1 Å². The van der Waals surface area contributed by atoms with E-state index in [1.54, 1.807) is 7.05 Å². The van der Waals surface area contributed by atoms with E-state index in [1.807, 2.05) is 7.05 Å². The molecule has 1 saturated heterocycles. The lowest BCUT2D eigenvalue weighted by Crippen LogP contribution is -2.54. The van der Waals surface area contributed by atoms with E-state index in [9.17, 15) is 8.42 Å². The third-order valence-electron chi connectivity index (χ3n) is 6.00. The summed E-state index contributed by atoms with van der Waals surface area (Å²) in [5, 5.41) is 3.33. The number of guanidine groups is 1. The summed E-state index contributed by atoms with van der Waals surface area (Å²) in [5.41, 5.74) is 0. The quantitative estimate of drug-likeness (QED) is 0.589. The predicted molar refractivity (Wildman–Crippen MR) is 103 cm³/mol. The molecule has 2 rings (SSSR count). The van der Waals surface area contributed by atoms with Crippen LogP contribution in [-0.2, 0) is 14.6 Å². The van der Waals surface area contributed by atoms with E-state index >= 15 is 0 Å². The highest BCUT2D eigenvalue weighted by Gasteiger charge is 2.42. The standard InChI is InChI=1S/C18H35N3O3S/c1-15-5-7-16(8-6-15)13-21(3)17(19-2)20-14-18(25(4,22)23)9-11-24-12-10-18/h15-16H,5-14H2,1-4H3,(H,19,20). The molecule has 146 valence electrons. The Balaban J connectivity index is 1.94. The molecule has 1 N–H and O–H groups in total. The largest absolute Gasteiger partial charge is 0.381 e. The summed E-state index contributed by atoms with van der Waals surface area (Å²) in [5.74, 6) is 2.34. The fourth-order valence-corrected chi connectivity index (χ4v) is 5.27. The van der Waals surface area contributed by atoms with Gasteiger partial charge in [0.05, 0.1) is 4.75 Å². The number of hydrogen-bond donors (Lipinski definition) is 1. The van der Waals surface area contributed by atoms with Gasteiger partial charge in [-0.2, -0.15) is 0 Å². The molecule has 0 aromatic rings. The van der Waals surface area contributed by atoms with Crippen LogP contribution >= 0.6 is 0 Å². The van der Waals surface area contributed by atoms with Crippen molar-refractivity contribution < 1.29 is 13.2 Å². The lowest BCUT2D eigenvalue weighted by molar-refractivity contribution is 0.0754. The van der Waals surface area contributed by atoms with Gasteiger partial charge in [-0.1, -0.05) is 19.8 Å². The zero-order chi connectivity index (χ0) is 18.5. The average molecular weight is 374 g/mol. The van der Waals surface area contributed by atoms with Gasteiger partial charge >= 0.3 is 0 Å². The minimum atomic E-state index is -3.17. The van der Waals surface area contributed by atoms with E-state index in [4.69, 9.17) is 4.74 Å². The molecule has 0 radical (unpaired) electrons. The van der Waals surface area contributed by atoms with E-state index in [1.165, 1.54) is 31.9 Å². The number of rotatable bonds is 5. The molecule has 0 aromatic heterocycles. The molecule has 2 aliphatic rings. The fourth-order valence-electron chi connectivity index (χ4n) is 4.03. The number of hydrogen-bond acceptors (Lipinski definition) is 4. The molecule has 0 atom stereocenters. The van der Waals surface area contributed by atoms with Gasteiger partial charge in [0.15, 0.2) is 15.8 Å². The maximum Gasteiger partial charge on any atom is 0.193 e. The van der Waals surface area contributed by atoms with Crippen molar-refractivity contribution in [1.82, 2.24) is 10.2 Å². The second kappa shape index (κ2) is 8.71. The van der Waals surface area contributed by atoms with Gasteiger partial charge in [-0.3, -0.25) is 4.99 Å². The molecule has 7 heteroatoms. The van der Waals surface area contributed by atoms with Crippen molar-refractivity contribution in [2.45, 2.75) is 50.2 Å². The normalized spacial score (nSPS) is 27.8. The van der Waals surface area contributed by atoms with Crippen molar-refractivity contribution in [3.8, 4) is 0 Å². The second-order valence-corrected chi connectivity index (χ2v) is 10.4. The van der Waals surface area contributed by atoms with Gasteiger partial charge in [-0.05, 0) is 37.5 Å². The molecule has 1 aliphatic heterocycles. The molecular weight excluding hydrogens is 338 g/mol. The zero-order valence-electron chi connectivity index (χ0n) is 16.3. The Labute approximate surface area is 153 Å². The Morgan fingerprint density at radius 3 is 2.36 bits per heavy atom. The monoisotopic (exact) mass is 373 g/mol. The Hall–Kier alpha value is -0.820. The number of nitrogens with zero attached hydrogens (tertiary/aromatic N) is 2. The molecular formula is C18H35N3O3S. The summed E-state index contributed by atoms with van der Waals surface area (Å²) in [6.07, 6.45) is 7.58. The second-order valence-electron chi connectivity index (χ2n) is 7.97. The molecule has 0 aromatic carbocycles. The van der Waals surface area contributed by atoms with Crippen LogP contribution in [-0.4, -0.2) is 70.7 Å². The summed E-state index contributed by atoms with van der Waals surface area (Å²) >= 11 is 0. The molecule has 2 fully saturated rings. The molecule has 0 unspecified atom stereocenters. The molecule has 1 heterocycles. The summed E-state index contributed by atoms with van der Waals surface area (Å²) in [4.78, 5) is 6.52. The smallest absolute Gasteiger partial charge is 0.193 e. The number of aliphatic imine (C=N–C) groups is 1. The molecule has 25 heavy (non-hydrogen) atoms. The number of sulfone groups is 1. The van der Waals surface area contributed by atoms with Crippen molar-refractivity contribution in [3.63, 3.8) is 0 Å². The molecule has 0 spiro atoms. The van der Waals surface area contributed by atoms with Crippen LogP contribution in [0, 0.1) is 11.8 Å². The highest BCUT2D eigenvalue weighted by Crippen LogP contribution is 2.30. The first kappa shape index (κ1) is 20.5. The molecule has 1 aliphatic carbocycles. The first-order valence-corrected chi connectivity index (χ1v) is 11.4. The van der Waals surface area contributed by atoms with Crippen molar-refractivity contribution in [3.05, 3.63) is 0 Å². The van der Waals surface area contributed by atoms with E-state index in [0.29, 0.717) is 38.5 Å². The fraction of sp³-hybridized carbons (Fsp3) is 0.944. The van der Waals surface area contributed by atoms with Crippen molar-refractivity contribution in [2.75, 3.05) is 46.7 Å². The lowest BCUT2D eigenvalue weighted by Gasteiger charge is -2.37. The Morgan fingerprint density at radius 2 is 1.84 bits per heavy atom. The first-order valence-electron chi connectivity index (χ1n) is 9.46. The Bertz CT molecular complexity index is 548. The van der Waals surface area contributed by atoms with Gasteiger partial charge in [0.1, 0.15) is 0 Å². The maximum atomic E-state index is 12.4. The molecule has 1 saturated carbocycles. The highest BCUT2D eigenvalue weighted by molar-refractivity contribution is 7.92. The minimum Gasteiger partial charge on any atom is -0.381 e. The summed E-state index contributed by atoms with van der Waals surface area (Å²) in [6, 6.07) is 0. The predicted octanol–water partition coefficient (Wildman–Crippen LogP) is 1.91. The van der Waals surface area contributed by atoms with Crippen LogP contribution in [0.2, 0.25) is 0 Å². The van der Waals surface area contributed by atoms with Crippen LogP contribution in [0.25, 0.3) is 0 Å². The van der Waals surface area contributed by atoms with Crippen molar-refractivity contribution in [1.29, 1.82) is 0 Å². The van der Waals surface area contributed by atoms with E-state index < -0.39 is 14.6 Å². The minimum absolute atomic E-state index is 0.397. The maximum absolute atomic E-state index is 12.4. The topological polar surface area (TPSA) is 71.0 Å². The number of ether oxygens (including phenoxy) is 1. The van der Waals surface area contributed by atoms with Crippen LogP contribution in [0.3, 0.4) is 0 Å². The van der Waals surface area contributed by atoms with Crippen LogP contribution in [0.5, 0.6) is 0 Å². The van der Waals surface area contributed by atoms with Crippen LogP contribution in [0.1, 0.15) is 45.4 Å². The molecule has 0 amide bonds. The Kier molecular flexibility index (Phi) is 7.14. The van der Waals surface area contributed by atoms with Crippen LogP contribution < -0.4 is 5.32 Å². The first-order chi connectivity index (χ1) is 11.8. The van der Waals surface area contributed by atoms with Gasteiger partial charge in [-0.25, -0.2) is 8.42 Å².